The molecule has 2 aromatic heterocycles. The molecule has 5 rings (SSSR count). The number of carbonyl (C=O) groups excluding carboxylic acids is 1. The number of carbonyl (C=O) groups is 1. The SMILES string of the molecule is CC1CCc2c(sc3nc(SC(C)C(=O)N4CCCCCC4)n(CC4CCCO4)c(=O)c23)C1. The zero-order chi connectivity index (χ0) is 22.9. The summed E-state index contributed by atoms with van der Waals surface area (Å²) in [6.45, 7) is 7.21. The lowest BCUT2D eigenvalue weighted by atomic mass is 9.89. The third-order valence-corrected chi connectivity index (χ3v) is 9.56. The highest BCUT2D eigenvalue weighted by atomic mass is 32.2. The normalized spacial score (nSPS) is 24.6. The van der Waals surface area contributed by atoms with Gasteiger partial charge in [-0.05, 0) is 63.4 Å². The van der Waals surface area contributed by atoms with Crippen molar-refractivity contribution in [1.82, 2.24) is 14.5 Å². The molecule has 0 radical (unpaired) electrons. The van der Waals surface area contributed by atoms with E-state index in [0.29, 0.717) is 17.6 Å². The number of thiophene rings is 1. The maximum absolute atomic E-state index is 13.8. The number of amides is 1. The van der Waals surface area contributed by atoms with Gasteiger partial charge in [0.25, 0.3) is 5.56 Å². The quantitative estimate of drug-likeness (QED) is 0.452. The van der Waals surface area contributed by atoms with Crippen molar-refractivity contribution in [2.75, 3.05) is 19.7 Å². The molecule has 0 spiro atoms. The van der Waals surface area contributed by atoms with Crippen LogP contribution in [0.2, 0.25) is 0 Å². The Bertz CT molecular complexity index is 1070. The smallest absolute Gasteiger partial charge is 0.263 e. The van der Waals surface area contributed by atoms with E-state index in [1.54, 1.807) is 11.3 Å². The minimum atomic E-state index is -0.266. The number of hydrogen-bond acceptors (Lipinski definition) is 6. The lowest BCUT2D eigenvalue weighted by molar-refractivity contribution is -0.130. The van der Waals surface area contributed by atoms with Crippen molar-refractivity contribution in [3.8, 4) is 0 Å². The minimum Gasteiger partial charge on any atom is -0.376 e. The van der Waals surface area contributed by atoms with Gasteiger partial charge in [-0.2, -0.15) is 0 Å². The number of aryl methyl sites for hydroxylation is 1. The fraction of sp³-hybridized carbons (Fsp3) is 0.720. The van der Waals surface area contributed by atoms with E-state index < -0.39 is 0 Å². The van der Waals surface area contributed by atoms with Gasteiger partial charge in [0.2, 0.25) is 5.91 Å². The highest BCUT2D eigenvalue weighted by Gasteiger charge is 2.29. The van der Waals surface area contributed by atoms with Gasteiger partial charge in [0.05, 0.1) is 23.3 Å². The van der Waals surface area contributed by atoms with Crippen LogP contribution < -0.4 is 5.56 Å². The van der Waals surface area contributed by atoms with E-state index in [1.165, 1.54) is 35.0 Å². The number of nitrogens with zero attached hydrogens (tertiary/aromatic N) is 3. The van der Waals surface area contributed by atoms with Gasteiger partial charge >= 0.3 is 0 Å². The summed E-state index contributed by atoms with van der Waals surface area (Å²) in [6, 6.07) is 0. The lowest BCUT2D eigenvalue weighted by Gasteiger charge is -2.24. The molecule has 6 nitrogen and oxygen atoms in total. The Balaban J connectivity index is 1.49. The van der Waals surface area contributed by atoms with Gasteiger partial charge in [-0.25, -0.2) is 4.98 Å². The van der Waals surface area contributed by atoms with E-state index in [4.69, 9.17) is 9.72 Å². The molecule has 8 heteroatoms. The van der Waals surface area contributed by atoms with Crippen LogP contribution in [0.1, 0.15) is 69.2 Å². The van der Waals surface area contributed by atoms with Crippen LogP contribution in [0.3, 0.4) is 0 Å². The van der Waals surface area contributed by atoms with E-state index in [2.05, 4.69) is 6.92 Å². The van der Waals surface area contributed by atoms with Crippen molar-refractivity contribution in [3.05, 3.63) is 20.8 Å². The van der Waals surface area contributed by atoms with Crippen molar-refractivity contribution in [2.24, 2.45) is 5.92 Å². The highest BCUT2D eigenvalue weighted by Crippen LogP contribution is 2.37. The maximum atomic E-state index is 13.8. The van der Waals surface area contributed by atoms with Gasteiger partial charge in [-0.1, -0.05) is 31.5 Å². The monoisotopic (exact) mass is 489 g/mol. The van der Waals surface area contributed by atoms with Crippen LogP contribution in [0.15, 0.2) is 9.95 Å². The summed E-state index contributed by atoms with van der Waals surface area (Å²) < 4.78 is 7.70. The second-order valence-electron chi connectivity index (χ2n) is 9.98. The molecule has 0 aromatic carbocycles. The number of aromatic nitrogens is 2. The molecule has 180 valence electrons. The van der Waals surface area contributed by atoms with Gasteiger partial charge in [-0.3, -0.25) is 14.2 Å². The Labute approximate surface area is 204 Å². The van der Waals surface area contributed by atoms with Crippen LogP contribution >= 0.6 is 23.1 Å². The Kier molecular flexibility index (Phi) is 7.14. The summed E-state index contributed by atoms with van der Waals surface area (Å²) in [7, 11) is 0. The van der Waals surface area contributed by atoms with Gasteiger partial charge in [0, 0.05) is 24.6 Å². The number of ether oxygens (including phenoxy) is 1. The standard InChI is InChI=1S/C25H35N3O3S2/c1-16-9-10-19-20(14-16)33-22-21(19)24(30)28(15-18-8-7-13-31-18)25(26-22)32-17(2)23(29)27-11-5-3-4-6-12-27/h16-18H,3-15H2,1-2H3. The van der Waals surface area contributed by atoms with Crippen molar-refractivity contribution in [3.63, 3.8) is 0 Å². The van der Waals surface area contributed by atoms with Crippen molar-refractivity contribution in [2.45, 2.75) is 94.7 Å². The Hall–Kier alpha value is -1.38. The predicted octanol–water partition coefficient (Wildman–Crippen LogP) is 4.65. The first-order valence-electron chi connectivity index (χ1n) is 12.6. The van der Waals surface area contributed by atoms with Crippen LogP contribution in [0.5, 0.6) is 0 Å². The fourth-order valence-corrected chi connectivity index (χ4v) is 7.83. The van der Waals surface area contributed by atoms with Gasteiger partial charge in [0.1, 0.15) is 4.83 Å². The largest absolute Gasteiger partial charge is 0.376 e. The highest BCUT2D eigenvalue weighted by molar-refractivity contribution is 8.00. The summed E-state index contributed by atoms with van der Waals surface area (Å²) >= 11 is 3.13. The summed E-state index contributed by atoms with van der Waals surface area (Å²) in [4.78, 5) is 36.2. The van der Waals surface area contributed by atoms with Crippen LogP contribution in [-0.2, 0) is 28.9 Å². The van der Waals surface area contributed by atoms with Gasteiger partial charge in [-0.15, -0.1) is 11.3 Å². The van der Waals surface area contributed by atoms with Crippen molar-refractivity contribution >= 4 is 39.2 Å². The summed E-state index contributed by atoms with van der Waals surface area (Å²) in [5.74, 6) is 0.819. The fourth-order valence-electron chi connectivity index (χ4n) is 5.40. The van der Waals surface area contributed by atoms with Gasteiger partial charge in [0.15, 0.2) is 5.16 Å². The molecule has 3 atom stereocenters. The summed E-state index contributed by atoms with van der Waals surface area (Å²) in [6.07, 6.45) is 9.74. The third-order valence-electron chi connectivity index (χ3n) is 7.34. The molecule has 2 aromatic rings. The molecule has 1 aliphatic carbocycles. The Morgan fingerprint density at radius 2 is 2.00 bits per heavy atom. The zero-order valence-electron chi connectivity index (χ0n) is 19.8. The molecular formula is C25H35N3O3S2. The number of fused-ring (bicyclic) bond motifs is 3. The van der Waals surface area contributed by atoms with Gasteiger partial charge < -0.3 is 9.64 Å². The van der Waals surface area contributed by atoms with Crippen LogP contribution in [0.25, 0.3) is 10.2 Å². The topological polar surface area (TPSA) is 64.4 Å². The molecule has 2 aliphatic heterocycles. The van der Waals surface area contributed by atoms with Crippen LogP contribution in [-0.4, -0.2) is 51.4 Å². The first-order valence-corrected chi connectivity index (χ1v) is 14.3. The average molecular weight is 490 g/mol. The number of likely N-dealkylation sites (tertiary alicyclic amines) is 1. The van der Waals surface area contributed by atoms with E-state index in [0.717, 1.165) is 74.9 Å². The van der Waals surface area contributed by atoms with E-state index in [-0.39, 0.29) is 22.8 Å². The van der Waals surface area contributed by atoms with Crippen molar-refractivity contribution in [1.29, 1.82) is 0 Å². The molecule has 33 heavy (non-hydrogen) atoms. The predicted molar refractivity (Wildman–Crippen MR) is 134 cm³/mol. The van der Waals surface area contributed by atoms with E-state index >= 15 is 0 Å². The van der Waals surface area contributed by atoms with E-state index in [1.807, 2.05) is 16.4 Å². The minimum absolute atomic E-state index is 0.0485. The van der Waals surface area contributed by atoms with Crippen molar-refractivity contribution < 1.29 is 9.53 Å². The Morgan fingerprint density at radius 3 is 2.73 bits per heavy atom. The maximum Gasteiger partial charge on any atom is 0.263 e. The second-order valence-corrected chi connectivity index (χ2v) is 12.4. The molecule has 0 N–H and O–H groups in total. The first-order chi connectivity index (χ1) is 16.0. The van der Waals surface area contributed by atoms with Crippen LogP contribution in [0.4, 0.5) is 0 Å². The molecule has 3 aliphatic rings. The number of hydrogen-bond donors (Lipinski definition) is 0. The molecule has 2 fully saturated rings. The lowest BCUT2D eigenvalue weighted by Crippen LogP contribution is -2.38. The first kappa shape index (κ1) is 23.4. The number of thioether (sulfide) groups is 1. The molecule has 0 bridgehead atoms. The third kappa shape index (κ3) is 4.89. The molecule has 1 amide bonds. The average Bonchev–Trinajstić information content (AvgIpc) is 3.34. The molecular weight excluding hydrogens is 454 g/mol. The molecule has 0 saturated carbocycles. The van der Waals surface area contributed by atoms with E-state index in [9.17, 15) is 9.59 Å². The molecule has 2 saturated heterocycles. The Morgan fingerprint density at radius 1 is 1.21 bits per heavy atom. The summed E-state index contributed by atoms with van der Waals surface area (Å²) in [5.41, 5.74) is 1.27. The molecule has 3 unspecified atom stereocenters. The zero-order valence-corrected chi connectivity index (χ0v) is 21.4. The second kappa shape index (κ2) is 10.1. The molecule has 4 heterocycles. The summed E-state index contributed by atoms with van der Waals surface area (Å²) in [5, 5.41) is 1.22. The number of rotatable bonds is 5. The van der Waals surface area contributed by atoms with Crippen LogP contribution in [0, 0.1) is 5.92 Å².